The van der Waals surface area contributed by atoms with Gasteiger partial charge in [-0.15, -0.1) is 24.0 Å². The lowest BCUT2D eigenvalue weighted by molar-refractivity contribution is 0.0616. The molecule has 172 valence electrons. The normalized spacial score (nSPS) is 13.1. The number of halogens is 1. The Morgan fingerprint density at radius 2 is 1.81 bits per heavy atom. The van der Waals surface area contributed by atoms with Gasteiger partial charge in [0.25, 0.3) is 0 Å². The molecule has 7 nitrogen and oxygen atoms in total. The molecule has 0 aliphatic rings. The van der Waals surface area contributed by atoms with Crippen molar-refractivity contribution in [1.29, 1.82) is 0 Å². The number of aliphatic imine (C=N–C) groups is 1. The van der Waals surface area contributed by atoms with Crippen LogP contribution in [0.2, 0.25) is 0 Å². The van der Waals surface area contributed by atoms with Crippen LogP contribution in [0.25, 0.3) is 0 Å². The highest BCUT2D eigenvalue weighted by atomic mass is 127. The fourth-order valence-electron chi connectivity index (χ4n) is 3.09. The second-order valence-corrected chi connectivity index (χ2v) is 7.70. The van der Waals surface area contributed by atoms with E-state index in [-0.39, 0.29) is 24.0 Å². The number of guanidine groups is 1. The van der Waals surface area contributed by atoms with E-state index in [0.29, 0.717) is 25.6 Å². The van der Waals surface area contributed by atoms with E-state index < -0.39 is 5.60 Å². The van der Waals surface area contributed by atoms with Crippen LogP contribution in [0.5, 0.6) is 11.5 Å². The predicted octanol–water partition coefficient (Wildman–Crippen LogP) is 4.10. The van der Waals surface area contributed by atoms with Crippen molar-refractivity contribution in [3.05, 3.63) is 77.6 Å². The van der Waals surface area contributed by atoms with Gasteiger partial charge >= 0.3 is 0 Å². The van der Waals surface area contributed by atoms with E-state index in [9.17, 15) is 5.11 Å². The highest BCUT2D eigenvalue weighted by molar-refractivity contribution is 14.0. The zero-order valence-electron chi connectivity index (χ0n) is 19.0. The third-order valence-electron chi connectivity index (χ3n) is 4.96. The minimum atomic E-state index is -1.07. The van der Waals surface area contributed by atoms with E-state index in [1.54, 1.807) is 17.8 Å². The molecule has 0 spiro atoms. The molecular formula is C24H32IN5O2. The average Bonchev–Trinajstić information content (AvgIpc) is 3.20. The van der Waals surface area contributed by atoms with E-state index in [2.05, 4.69) is 15.7 Å². The van der Waals surface area contributed by atoms with E-state index in [4.69, 9.17) is 9.73 Å². The number of aromatic nitrogens is 2. The first-order valence-corrected chi connectivity index (χ1v) is 10.4. The highest BCUT2D eigenvalue weighted by Gasteiger charge is 2.25. The highest BCUT2D eigenvalue weighted by Crippen LogP contribution is 2.28. The number of rotatable bonds is 8. The molecule has 0 aliphatic heterocycles. The summed E-state index contributed by atoms with van der Waals surface area (Å²) in [7, 11) is 1.83. The first-order valence-electron chi connectivity index (χ1n) is 10.4. The van der Waals surface area contributed by atoms with Crippen LogP contribution in [0.15, 0.2) is 65.9 Å². The Morgan fingerprint density at radius 1 is 1.12 bits per heavy atom. The van der Waals surface area contributed by atoms with E-state index in [1.165, 1.54) is 0 Å². The molecule has 32 heavy (non-hydrogen) atoms. The van der Waals surface area contributed by atoms with Gasteiger partial charge in [0.1, 0.15) is 17.1 Å². The molecule has 0 fully saturated rings. The van der Waals surface area contributed by atoms with Crippen molar-refractivity contribution in [1.82, 2.24) is 20.4 Å². The van der Waals surface area contributed by atoms with Crippen molar-refractivity contribution >= 4 is 29.9 Å². The molecule has 1 unspecified atom stereocenters. The molecule has 0 saturated heterocycles. The van der Waals surface area contributed by atoms with Crippen LogP contribution >= 0.6 is 24.0 Å². The summed E-state index contributed by atoms with van der Waals surface area (Å²) in [6, 6.07) is 15.8. The maximum absolute atomic E-state index is 10.8. The van der Waals surface area contributed by atoms with Crippen molar-refractivity contribution < 1.29 is 9.84 Å². The SMILES string of the molecule is CCNC(=NCc1ccccc1Oc1ccccc1C)NCC(C)(O)c1cnn(C)c1.I. The maximum Gasteiger partial charge on any atom is 0.191 e. The molecule has 0 aliphatic carbocycles. The summed E-state index contributed by atoms with van der Waals surface area (Å²) in [6.45, 7) is 7.23. The lowest BCUT2D eigenvalue weighted by atomic mass is 10.00. The van der Waals surface area contributed by atoms with Crippen LogP contribution < -0.4 is 15.4 Å². The Kier molecular flexibility index (Phi) is 9.52. The van der Waals surface area contributed by atoms with Gasteiger partial charge in [-0.25, -0.2) is 4.99 Å². The summed E-state index contributed by atoms with van der Waals surface area (Å²) in [5.41, 5.74) is 1.72. The number of aryl methyl sites for hydroxylation is 2. The molecule has 1 heterocycles. The van der Waals surface area contributed by atoms with Crippen LogP contribution in [0.4, 0.5) is 0 Å². The largest absolute Gasteiger partial charge is 0.457 e. The number of nitrogens with one attached hydrogen (secondary N) is 2. The first kappa shape index (κ1) is 25.7. The second kappa shape index (κ2) is 11.9. The molecule has 0 amide bonds. The van der Waals surface area contributed by atoms with Crippen molar-refractivity contribution in [2.45, 2.75) is 32.9 Å². The molecular weight excluding hydrogens is 517 g/mol. The third kappa shape index (κ3) is 6.96. The smallest absolute Gasteiger partial charge is 0.191 e. The summed E-state index contributed by atoms with van der Waals surface area (Å²) >= 11 is 0. The number of aliphatic hydroxyl groups is 1. The predicted molar refractivity (Wildman–Crippen MR) is 139 cm³/mol. The Morgan fingerprint density at radius 3 is 2.47 bits per heavy atom. The van der Waals surface area contributed by atoms with E-state index in [1.807, 2.05) is 75.6 Å². The second-order valence-electron chi connectivity index (χ2n) is 7.70. The Hall–Kier alpha value is -2.59. The summed E-state index contributed by atoms with van der Waals surface area (Å²) in [5, 5.41) is 21.4. The molecule has 2 aromatic carbocycles. The quantitative estimate of drug-likeness (QED) is 0.224. The minimum absolute atomic E-state index is 0. The fraction of sp³-hybridized carbons (Fsp3) is 0.333. The van der Waals surface area contributed by atoms with Crippen molar-refractivity contribution in [3.8, 4) is 11.5 Å². The zero-order valence-corrected chi connectivity index (χ0v) is 21.3. The van der Waals surface area contributed by atoms with Gasteiger partial charge in [0.05, 0.1) is 19.3 Å². The summed E-state index contributed by atoms with van der Waals surface area (Å²) in [5.74, 6) is 2.23. The first-order chi connectivity index (χ1) is 14.9. The van der Waals surface area contributed by atoms with Gasteiger partial charge in [-0.3, -0.25) is 4.68 Å². The average molecular weight is 549 g/mol. The van der Waals surface area contributed by atoms with Crippen molar-refractivity contribution in [2.75, 3.05) is 13.1 Å². The minimum Gasteiger partial charge on any atom is -0.457 e. The molecule has 1 atom stereocenters. The molecule has 0 saturated carbocycles. The van der Waals surface area contributed by atoms with Crippen LogP contribution in [0, 0.1) is 6.92 Å². The molecule has 0 bridgehead atoms. The summed E-state index contributed by atoms with van der Waals surface area (Å²) < 4.78 is 7.82. The lowest BCUT2D eigenvalue weighted by Gasteiger charge is -2.23. The van der Waals surface area contributed by atoms with E-state index in [0.717, 1.165) is 28.2 Å². The molecule has 3 rings (SSSR count). The topological polar surface area (TPSA) is 83.7 Å². The van der Waals surface area contributed by atoms with Gasteiger partial charge in [0.2, 0.25) is 0 Å². The van der Waals surface area contributed by atoms with Crippen LogP contribution in [0.3, 0.4) is 0 Å². The Labute approximate surface area is 206 Å². The van der Waals surface area contributed by atoms with Gasteiger partial charge in [0.15, 0.2) is 5.96 Å². The molecule has 0 radical (unpaired) electrons. The molecule has 3 aromatic rings. The zero-order chi connectivity index (χ0) is 22.3. The molecule has 3 N–H and O–H groups in total. The number of benzene rings is 2. The number of para-hydroxylation sites is 2. The van der Waals surface area contributed by atoms with E-state index >= 15 is 0 Å². The van der Waals surface area contributed by atoms with Crippen LogP contribution in [0.1, 0.15) is 30.5 Å². The summed E-state index contributed by atoms with van der Waals surface area (Å²) in [4.78, 5) is 4.69. The van der Waals surface area contributed by atoms with Crippen LogP contribution in [-0.2, 0) is 19.2 Å². The van der Waals surface area contributed by atoms with Crippen molar-refractivity contribution in [3.63, 3.8) is 0 Å². The molecule has 1 aromatic heterocycles. The molecule has 8 heteroatoms. The van der Waals surface area contributed by atoms with Gasteiger partial charge in [-0.1, -0.05) is 36.4 Å². The monoisotopic (exact) mass is 549 g/mol. The third-order valence-corrected chi connectivity index (χ3v) is 4.96. The fourth-order valence-corrected chi connectivity index (χ4v) is 3.09. The summed E-state index contributed by atoms with van der Waals surface area (Å²) in [6.07, 6.45) is 3.48. The maximum atomic E-state index is 10.8. The number of hydrogen-bond acceptors (Lipinski definition) is 4. The van der Waals surface area contributed by atoms with Gasteiger partial charge in [0, 0.05) is 30.9 Å². The Balaban J connectivity index is 0.00000363. The van der Waals surface area contributed by atoms with Gasteiger partial charge < -0.3 is 20.5 Å². The lowest BCUT2D eigenvalue weighted by Crippen LogP contribution is -2.44. The Bertz CT molecular complexity index is 1030. The van der Waals surface area contributed by atoms with Gasteiger partial charge in [-0.2, -0.15) is 5.10 Å². The number of hydrogen-bond donors (Lipinski definition) is 3. The number of ether oxygens (including phenoxy) is 1. The van der Waals surface area contributed by atoms with Crippen molar-refractivity contribution in [2.24, 2.45) is 12.0 Å². The van der Waals surface area contributed by atoms with Crippen LogP contribution in [-0.4, -0.2) is 33.9 Å². The number of nitrogens with zero attached hydrogens (tertiary/aromatic N) is 3. The standard InChI is InChI=1S/C24H31N5O2.HI/c1-5-25-23(27-17-24(3,30)20-15-28-29(4)16-20)26-14-19-11-7-9-13-22(19)31-21-12-8-6-10-18(21)2;/h6-13,15-16,30H,5,14,17H2,1-4H3,(H2,25,26,27);1H. The van der Waals surface area contributed by atoms with Gasteiger partial charge in [-0.05, 0) is 38.5 Å².